The molecule has 0 radical (unpaired) electrons. The average Bonchev–Trinajstić information content (AvgIpc) is 3.00. The van der Waals surface area contributed by atoms with Gasteiger partial charge in [0.25, 0.3) is 5.56 Å². The first-order valence-electron chi connectivity index (χ1n) is 9.05. The molecular weight excluding hydrogens is 419 g/mol. The highest BCUT2D eigenvalue weighted by molar-refractivity contribution is 6.42. The van der Waals surface area contributed by atoms with E-state index in [9.17, 15) is 9.59 Å². The zero-order valence-electron chi connectivity index (χ0n) is 15.2. The number of nitrogens with zero attached hydrogens (tertiary/aromatic N) is 2. The molecule has 10 heteroatoms. The van der Waals surface area contributed by atoms with Crippen molar-refractivity contribution in [3.63, 3.8) is 0 Å². The van der Waals surface area contributed by atoms with E-state index >= 15 is 0 Å². The fourth-order valence-corrected chi connectivity index (χ4v) is 3.73. The Morgan fingerprint density at radius 3 is 2.76 bits per heavy atom. The minimum atomic E-state index is -0.671. The normalized spacial score (nSPS) is 19.8. The van der Waals surface area contributed by atoms with Crippen LogP contribution in [0, 0.1) is 5.92 Å². The fourth-order valence-electron chi connectivity index (χ4n) is 3.42. The van der Waals surface area contributed by atoms with Crippen molar-refractivity contribution in [2.45, 2.75) is 12.6 Å². The number of halogens is 2. The molecule has 3 heterocycles. The molecule has 1 aromatic carbocycles. The van der Waals surface area contributed by atoms with Crippen LogP contribution in [0.5, 0.6) is 0 Å². The summed E-state index contributed by atoms with van der Waals surface area (Å²) in [6, 6.07) is 8.56. The van der Waals surface area contributed by atoms with Crippen LogP contribution < -0.4 is 16.6 Å². The largest absolute Gasteiger partial charge is 0.439 e. The lowest BCUT2D eigenvalue weighted by Gasteiger charge is -2.26. The zero-order valence-corrected chi connectivity index (χ0v) is 16.7. The second-order valence-corrected chi connectivity index (χ2v) is 7.59. The van der Waals surface area contributed by atoms with Crippen molar-refractivity contribution >= 4 is 23.2 Å². The van der Waals surface area contributed by atoms with Crippen molar-refractivity contribution in [3.05, 3.63) is 73.0 Å². The van der Waals surface area contributed by atoms with Gasteiger partial charge in [0.15, 0.2) is 5.82 Å². The number of H-pyrrole nitrogens is 1. The van der Waals surface area contributed by atoms with Gasteiger partial charge in [-0.2, -0.15) is 0 Å². The summed E-state index contributed by atoms with van der Waals surface area (Å²) in [4.78, 5) is 26.2. The molecule has 3 aromatic rings. The maximum absolute atomic E-state index is 12.6. The lowest BCUT2D eigenvalue weighted by Crippen LogP contribution is -2.32. The molecule has 8 nitrogen and oxygen atoms in total. The third-order valence-electron chi connectivity index (χ3n) is 4.82. The van der Waals surface area contributed by atoms with E-state index in [2.05, 4.69) is 20.0 Å². The number of ether oxygens (including phenoxy) is 1. The number of aromatic amines is 1. The Morgan fingerprint density at radius 2 is 2.03 bits per heavy atom. The quantitative estimate of drug-likeness (QED) is 0.651. The van der Waals surface area contributed by atoms with Gasteiger partial charge in [0.1, 0.15) is 0 Å². The van der Waals surface area contributed by atoms with Gasteiger partial charge in [0, 0.05) is 43.4 Å². The molecule has 0 bridgehead atoms. The maximum Gasteiger partial charge on any atom is 0.439 e. The third kappa shape index (κ3) is 4.45. The molecule has 2 atom stereocenters. The molecule has 0 unspecified atom stereocenters. The predicted molar refractivity (Wildman–Crippen MR) is 108 cm³/mol. The second-order valence-electron chi connectivity index (χ2n) is 6.78. The number of aromatic nitrogens is 3. The maximum atomic E-state index is 12.6. The van der Waals surface area contributed by atoms with Crippen molar-refractivity contribution in [1.29, 1.82) is 0 Å². The van der Waals surface area contributed by atoms with Crippen molar-refractivity contribution in [3.8, 4) is 11.4 Å². The van der Waals surface area contributed by atoms with Gasteiger partial charge < -0.3 is 14.6 Å². The smallest absolute Gasteiger partial charge is 0.372 e. The molecule has 1 aliphatic heterocycles. The first-order chi connectivity index (χ1) is 14.0. The van der Waals surface area contributed by atoms with E-state index in [1.165, 1.54) is 6.07 Å². The van der Waals surface area contributed by atoms with Crippen LogP contribution >= 0.6 is 23.2 Å². The molecule has 1 saturated heterocycles. The molecule has 4 rings (SSSR count). The molecular formula is C19H18Cl2N4O4. The van der Waals surface area contributed by atoms with Crippen molar-refractivity contribution in [2.24, 2.45) is 5.92 Å². The summed E-state index contributed by atoms with van der Waals surface area (Å²) in [7, 11) is 0. The summed E-state index contributed by atoms with van der Waals surface area (Å²) in [5.41, 5.74) is 1.18. The average molecular weight is 437 g/mol. The van der Waals surface area contributed by atoms with E-state index < -0.39 is 5.76 Å². The van der Waals surface area contributed by atoms with Gasteiger partial charge in [-0.25, -0.2) is 4.79 Å². The summed E-state index contributed by atoms with van der Waals surface area (Å²) in [6.07, 6.45) is 1.43. The van der Waals surface area contributed by atoms with Gasteiger partial charge in [-0.15, -0.1) is 0 Å². The van der Waals surface area contributed by atoms with Crippen LogP contribution in [0.1, 0.15) is 11.7 Å². The molecule has 152 valence electrons. The highest BCUT2D eigenvalue weighted by Gasteiger charge is 2.27. The highest BCUT2D eigenvalue weighted by atomic mass is 35.5. The van der Waals surface area contributed by atoms with Crippen LogP contribution in [0.2, 0.25) is 10.0 Å². The number of hydrogen-bond donors (Lipinski definition) is 2. The monoisotopic (exact) mass is 436 g/mol. The number of pyridine rings is 1. The van der Waals surface area contributed by atoms with Gasteiger partial charge >= 0.3 is 5.76 Å². The first kappa shape index (κ1) is 19.9. The molecule has 2 N–H and O–H groups in total. The van der Waals surface area contributed by atoms with E-state index in [-0.39, 0.29) is 23.4 Å². The summed E-state index contributed by atoms with van der Waals surface area (Å²) in [6.45, 7) is 2.39. The Bertz CT molecular complexity index is 1120. The molecule has 0 saturated carbocycles. The predicted octanol–water partition coefficient (Wildman–Crippen LogP) is 2.48. The van der Waals surface area contributed by atoms with Gasteiger partial charge in [-0.1, -0.05) is 34.4 Å². The highest BCUT2D eigenvalue weighted by Crippen LogP contribution is 2.32. The Kier molecular flexibility index (Phi) is 5.86. The number of nitrogens with one attached hydrogen (secondary N) is 2. The van der Waals surface area contributed by atoms with Crippen LogP contribution in [-0.2, 0) is 11.3 Å². The Morgan fingerprint density at radius 1 is 1.17 bits per heavy atom. The first-order valence-corrected chi connectivity index (χ1v) is 9.81. The van der Waals surface area contributed by atoms with E-state index in [0.29, 0.717) is 35.3 Å². The molecule has 1 fully saturated rings. The molecule has 0 amide bonds. The fraction of sp³-hybridized carbons (Fsp3) is 0.316. The summed E-state index contributed by atoms with van der Waals surface area (Å²) in [5.74, 6) is -0.465. The second kappa shape index (κ2) is 8.54. The standard InChI is InChI=1S/C19H18Cl2N4O4/c20-14-2-1-11(7-15(14)21)17-13(9-22-4-6-28-17)10-25-5-3-12(8-16(25)26)18-23-19(27)29-24-18/h1-3,5,7-8,13,17,22H,4,6,9-10H2,(H,23,24,27)/t13-,17-/m0/s1. The summed E-state index contributed by atoms with van der Waals surface area (Å²) >= 11 is 12.2. The number of benzene rings is 1. The molecule has 2 aromatic heterocycles. The topological polar surface area (TPSA) is 102 Å². The Labute approximate surface area is 175 Å². The van der Waals surface area contributed by atoms with Crippen LogP contribution in [0.15, 0.2) is 50.6 Å². The van der Waals surface area contributed by atoms with Gasteiger partial charge in [0.05, 0.1) is 22.8 Å². The molecule has 29 heavy (non-hydrogen) atoms. The lowest BCUT2D eigenvalue weighted by molar-refractivity contribution is 0.0251. The molecule has 0 aliphatic carbocycles. The number of hydrogen-bond acceptors (Lipinski definition) is 6. The van der Waals surface area contributed by atoms with Crippen LogP contribution in [0.4, 0.5) is 0 Å². The Hall–Kier alpha value is -2.39. The van der Waals surface area contributed by atoms with E-state index in [0.717, 1.165) is 12.1 Å². The third-order valence-corrected chi connectivity index (χ3v) is 5.56. The van der Waals surface area contributed by atoms with Crippen LogP contribution in [-0.4, -0.2) is 34.4 Å². The molecule has 0 spiro atoms. The minimum absolute atomic E-state index is 0.00912. The minimum Gasteiger partial charge on any atom is -0.372 e. The van der Waals surface area contributed by atoms with E-state index in [4.69, 9.17) is 27.9 Å². The van der Waals surface area contributed by atoms with Gasteiger partial charge in [-0.05, 0) is 23.8 Å². The van der Waals surface area contributed by atoms with Crippen LogP contribution in [0.25, 0.3) is 11.4 Å². The van der Waals surface area contributed by atoms with E-state index in [1.54, 1.807) is 29.0 Å². The van der Waals surface area contributed by atoms with Crippen molar-refractivity contribution < 1.29 is 9.26 Å². The SMILES string of the molecule is O=c1[nH]c(-c2ccn(C[C@@H]3CNCCO[C@H]3c3ccc(Cl)c(Cl)c3)c(=O)c2)no1. The van der Waals surface area contributed by atoms with Crippen LogP contribution in [0.3, 0.4) is 0 Å². The van der Waals surface area contributed by atoms with E-state index in [1.807, 2.05) is 6.07 Å². The zero-order chi connectivity index (χ0) is 20.4. The van der Waals surface area contributed by atoms with Gasteiger partial charge in [-0.3, -0.25) is 14.3 Å². The lowest BCUT2D eigenvalue weighted by atomic mass is 9.95. The molecule has 1 aliphatic rings. The summed E-state index contributed by atoms with van der Waals surface area (Å²) < 4.78 is 12.2. The summed E-state index contributed by atoms with van der Waals surface area (Å²) in [5, 5.41) is 7.90. The number of rotatable bonds is 4. The van der Waals surface area contributed by atoms with Crippen molar-refractivity contribution in [2.75, 3.05) is 19.7 Å². The van der Waals surface area contributed by atoms with Crippen molar-refractivity contribution in [1.82, 2.24) is 20.0 Å². The Balaban J connectivity index is 1.60. The van der Waals surface area contributed by atoms with Gasteiger partial charge in [0.2, 0.25) is 0 Å².